The van der Waals surface area contributed by atoms with Crippen molar-refractivity contribution in [2.75, 3.05) is 0 Å². The Bertz CT molecular complexity index is 486. The van der Waals surface area contributed by atoms with Crippen molar-refractivity contribution in [3.63, 3.8) is 0 Å². The van der Waals surface area contributed by atoms with Crippen molar-refractivity contribution in [3.8, 4) is 0 Å². The summed E-state index contributed by atoms with van der Waals surface area (Å²) in [6.07, 6.45) is 15.7. The van der Waals surface area contributed by atoms with Gasteiger partial charge in [0.15, 0.2) is 0 Å². The van der Waals surface area contributed by atoms with Crippen LogP contribution in [0, 0.1) is 40.4 Å². The van der Waals surface area contributed by atoms with E-state index in [1.165, 1.54) is 70.6 Å². The van der Waals surface area contributed by atoms with E-state index in [1.54, 1.807) is 0 Å². The summed E-state index contributed by atoms with van der Waals surface area (Å²) in [4.78, 5) is 0. The third-order valence-corrected chi connectivity index (χ3v) is 10.2. The summed E-state index contributed by atoms with van der Waals surface area (Å²) in [5.41, 5.74) is 8.66. The normalized spacial score (nSPS) is 55.4. The Morgan fingerprint density at radius 3 is 2.38 bits per heavy atom. The van der Waals surface area contributed by atoms with Gasteiger partial charge >= 0.3 is 0 Å². The average molecular weight is 332 g/mol. The molecule has 0 aromatic rings. The van der Waals surface area contributed by atoms with E-state index < -0.39 is 0 Å². The fourth-order valence-electron chi connectivity index (χ4n) is 8.77. The van der Waals surface area contributed by atoms with Crippen LogP contribution in [0.25, 0.3) is 0 Å². The van der Waals surface area contributed by atoms with Gasteiger partial charge in [-0.1, -0.05) is 47.0 Å². The lowest BCUT2D eigenvalue weighted by molar-refractivity contribution is -0.128. The minimum absolute atomic E-state index is 0.151. The van der Waals surface area contributed by atoms with Gasteiger partial charge in [0.25, 0.3) is 0 Å². The maximum atomic E-state index is 7.43. The van der Waals surface area contributed by atoms with Gasteiger partial charge in [-0.15, -0.1) is 0 Å². The molecule has 0 amide bonds. The average Bonchev–Trinajstić information content (AvgIpc) is 2.92. The molecule has 8 unspecified atom stereocenters. The molecule has 24 heavy (non-hydrogen) atoms. The number of rotatable bonds is 2. The van der Waals surface area contributed by atoms with Crippen molar-refractivity contribution in [1.29, 1.82) is 0 Å². The first-order chi connectivity index (χ1) is 11.4. The fraction of sp³-hybridized carbons (Fsp3) is 1.00. The molecular formula is C23H41N. The molecule has 4 saturated carbocycles. The van der Waals surface area contributed by atoms with Crippen molar-refractivity contribution in [2.45, 2.75) is 104 Å². The third-order valence-electron chi connectivity index (χ3n) is 10.2. The SMILES string of the molecule is CCC(C)C1CCC2C1(C)CCC1C3(C)CCCCC3CCC12N. The molecule has 0 bridgehead atoms. The zero-order chi connectivity index (χ0) is 17.2. The van der Waals surface area contributed by atoms with Crippen LogP contribution in [0.5, 0.6) is 0 Å². The van der Waals surface area contributed by atoms with E-state index in [0.717, 1.165) is 29.6 Å². The molecule has 2 N–H and O–H groups in total. The first kappa shape index (κ1) is 17.4. The molecule has 8 atom stereocenters. The Morgan fingerprint density at radius 1 is 0.875 bits per heavy atom. The van der Waals surface area contributed by atoms with Crippen LogP contribution in [0.15, 0.2) is 0 Å². The molecular weight excluding hydrogens is 290 g/mol. The van der Waals surface area contributed by atoms with Crippen molar-refractivity contribution < 1.29 is 0 Å². The smallest absolute Gasteiger partial charge is 0.0222 e. The standard InChI is InChI=1S/C23H41N/c1-5-16(2)18-9-10-19-22(18,4)14-12-20-21(3)13-7-6-8-17(21)11-15-23(19,20)24/h16-20H,5-15,24H2,1-4H3. The first-order valence-corrected chi connectivity index (χ1v) is 11.1. The van der Waals surface area contributed by atoms with E-state index in [9.17, 15) is 0 Å². The molecule has 0 aromatic carbocycles. The Balaban J connectivity index is 1.67. The maximum Gasteiger partial charge on any atom is 0.0222 e. The maximum absolute atomic E-state index is 7.43. The number of hydrogen-bond acceptors (Lipinski definition) is 1. The molecule has 0 aromatic heterocycles. The van der Waals surface area contributed by atoms with Crippen LogP contribution >= 0.6 is 0 Å². The molecule has 4 rings (SSSR count). The molecule has 0 radical (unpaired) electrons. The Kier molecular flexibility index (Phi) is 4.15. The van der Waals surface area contributed by atoms with Crippen molar-refractivity contribution in [2.24, 2.45) is 46.2 Å². The van der Waals surface area contributed by atoms with Gasteiger partial charge in [-0.2, -0.15) is 0 Å². The minimum atomic E-state index is 0.151. The largest absolute Gasteiger partial charge is 0.325 e. The lowest BCUT2D eigenvalue weighted by Gasteiger charge is -2.65. The lowest BCUT2D eigenvalue weighted by atomic mass is 9.42. The molecule has 0 saturated heterocycles. The van der Waals surface area contributed by atoms with Gasteiger partial charge in [0, 0.05) is 5.54 Å². The Labute approximate surface area is 150 Å². The van der Waals surface area contributed by atoms with Gasteiger partial charge < -0.3 is 5.73 Å². The van der Waals surface area contributed by atoms with Crippen molar-refractivity contribution in [1.82, 2.24) is 0 Å². The van der Waals surface area contributed by atoms with Gasteiger partial charge in [-0.05, 0) is 91.8 Å². The highest BCUT2D eigenvalue weighted by Gasteiger charge is 2.65. The second-order valence-corrected chi connectivity index (χ2v) is 10.8. The molecule has 4 aliphatic carbocycles. The Hall–Kier alpha value is -0.0400. The zero-order valence-electron chi connectivity index (χ0n) is 16.7. The molecule has 4 aliphatic rings. The van der Waals surface area contributed by atoms with Crippen LogP contribution < -0.4 is 5.73 Å². The van der Waals surface area contributed by atoms with Crippen LogP contribution in [-0.2, 0) is 0 Å². The molecule has 138 valence electrons. The predicted molar refractivity (Wildman–Crippen MR) is 103 cm³/mol. The highest BCUT2D eigenvalue weighted by atomic mass is 14.9. The van der Waals surface area contributed by atoms with E-state index in [-0.39, 0.29) is 5.54 Å². The third kappa shape index (κ3) is 2.15. The number of nitrogens with two attached hydrogens (primary N) is 1. The summed E-state index contributed by atoms with van der Waals surface area (Å²) in [6.45, 7) is 10.2. The van der Waals surface area contributed by atoms with Crippen LogP contribution in [0.4, 0.5) is 0 Å². The summed E-state index contributed by atoms with van der Waals surface area (Å²) in [5.74, 6) is 4.37. The fourth-order valence-corrected chi connectivity index (χ4v) is 8.77. The van der Waals surface area contributed by atoms with E-state index in [4.69, 9.17) is 5.73 Å². The topological polar surface area (TPSA) is 26.0 Å². The first-order valence-electron chi connectivity index (χ1n) is 11.1. The highest BCUT2D eigenvalue weighted by Crippen LogP contribution is 2.69. The zero-order valence-corrected chi connectivity index (χ0v) is 16.7. The molecule has 0 heterocycles. The second-order valence-electron chi connectivity index (χ2n) is 10.8. The van der Waals surface area contributed by atoms with Gasteiger partial charge in [0.05, 0.1) is 0 Å². The quantitative estimate of drug-likeness (QED) is 0.644. The summed E-state index contributed by atoms with van der Waals surface area (Å²) in [7, 11) is 0. The summed E-state index contributed by atoms with van der Waals surface area (Å²) in [5, 5.41) is 0. The monoisotopic (exact) mass is 331 g/mol. The van der Waals surface area contributed by atoms with Gasteiger partial charge in [-0.3, -0.25) is 0 Å². The van der Waals surface area contributed by atoms with Crippen LogP contribution in [0.1, 0.15) is 98.3 Å². The van der Waals surface area contributed by atoms with Gasteiger partial charge in [-0.25, -0.2) is 0 Å². The molecule has 1 heteroatoms. The highest BCUT2D eigenvalue weighted by molar-refractivity contribution is 5.18. The second kappa shape index (κ2) is 5.73. The van der Waals surface area contributed by atoms with E-state index >= 15 is 0 Å². The molecule has 4 fully saturated rings. The van der Waals surface area contributed by atoms with Crippen LogP contribution in [0.2, 0.25) is 0 Å². The van der Waals surface area contributed by atoms with Gasteiger partial charge in [0.2, 0.25) is 0 Å². The van der Waals surface area contributed by atoms with E-state index in [2.05, 4.69) is 27.7 Å². The van der Waals surface area contributed by atoms with Gasteiger partial charge in [0.1, 0.15) is 0 Å². The van der Waals surface area contributed by atoms with Crippen LogP contribution in [-0.4, -0.2) is 5.54 Å². The van der Waals surface area contributed by atoms with Crippen molar-refractivity contribution >= 4 is 0 Å². The Morgan fingerprint density at radius 2 is 1.62 bits per heavy atom. The van der Waals surface area contributed by atoms with Crippen LogP contribution in [0.3, 0.4) is 0 Å². The molecule has 0 spiro atoms. The predicted octanol–water partition coefficient (Wildman–Crippen LogP) is 6.16. The number of hydrogen-bond donors (Lipinski definition) is 1. The minimum Gasteiger partial charge on any atom is -0.325 e. The molecule has 1 nitrogen and oxygen atoms in total. The lowest BCUT2D eigenvalue weighted by Crippen LogP contribution is -2.67. The van der Waals surface area contributed by atoms with E-state index in [0.29, 0.717) is 10.8 Å². The summed E-state index contributed by atoms with van der Waals surface area (Å²) in [6, 6.07) is 0. The number of fused-ring (bicyclic) bond motifs is 5. The molecule has 0 aliphatic heterocycles. The summed E-state index contributed by atoms with van der Waals surface area (Å²) >= 11 is 0. The van der Waals surface area contributed by atoms with Crippen molar-refractivity contribution in [3.05, 3.63) is 0 Å². The summed E-state index contributed by atoms with van der Waals surface area (Å²) < 4.78 is 0. The van der Waals surface area contributed by atoms with E-state index in [1.807, 2.05) is 0 Å².